The minimum atomic E-state index is -0.532. The van der Waals surface area contributed by atoms with E-state index in [0.717, 1.165) is 4.90 Å². The van der Waals surface area contributed by atoms with Crippen LogP contribution in [0.25, 0.3) is 0 Å². The molecule has 0 N–H and O–H groups in total. The van der Waals surface area contributed by atoms with Crippen LogP contribution >= 0.6 is 11.8 Å². The largest absolute Gasteiger partial charge is 0.297 e. The third-order valence-corrected chi connectivity index (χ3v) is 4.20. The van der Waals surface area contributed by atoms with Crippen LogP contribution in [0.3, 0.4) is 0 Å². The number of thioether (sulfide) groups is 1. The van der Waals surface area contributed by atoms with E-state index in [1.165, 1.54) is 11.8 Å². The molecule has 0 spiro atoms. The summed E-state index contributed by atoms with van der Waals surface area (Å²) in [5.74, 6) is -0.539. The van der Waals surface area contributed by atoms with Gasteiger partial charge in [0.15, 0.2) is 5.78 Å². The number of Topliss-reactive ketones (excluding diaryl/α,β-unsaturated/α-hetero) is 1. The first-order valence-corrected chi connectivity index (χ1v) is 7.35. The van der Waals surface area contributed by atoms with Crippen molar-refractivity contribution < 1.29 is 14.4 Å². The quantitative estimate of drug-likeness (QED) is 0.746. The van der Waals surface area contributed by atoms with Gasteiger partial charge in [-0.1, -0.05) is 41.5 Å². The molecule has 4 nitrogen and oxygen atoms in total. The Morgan fingerprint density at radius 1 is 1.21 bits per heavy atom. The summed E-state index contributed by atoms with van der Waals surface area (Å²) < 4.78 is -0.0787. The molecule has 0 radical (unpaired) electrons. The van der Waals surface area contributed by atoms with Gasteiger partial charge in [-0.3, -0.25) is 19.3 Å². The van der Waals surface area contributed by atoms with Gasteiger partial charge in [-0.25, -0.2) is 0 Å². The van der Waals surface area contributed by atoms with Crippen molar-refractivity contribution in [1.82, 2.24) is 4.90 Å². The average molecular weight is 285 g/mol. The molecule has 1 unspecified atom stereocenters. The maximum absolute atomic E-state index is 12.2. The molecule has 1 aliphatic heterocycles. The molecule has 2 amide bonds. The van der Waals surface area contributed by atoms with Crippen LogP contribution in [0.15, 0.2) is 0 Å². The van der Waals surface area contributed by atoms with Gasteiger partial charge >= 0.3 is 0 Å². The first kappa shape index (κ1) is 16.2. The van der Waals surface area contributed by atoms with Gasteiger partial charge < -0.3 is 0 Å². The Morgan fingerprint density at radius 3 is 2.16 bits per heavy atom. The van der Waals surface area contributed by atoms with Crippen LogP contribution in [-0.2, 0) is 14.4 Å². The number of amides is 2. The monoisotopic (exact) mass is 285 g/mol. The summed E-state index contributed by atoms with van der Waals surface area (Å²) in [6, 6.07) is 0. The zero-order valence-electron chi connectivity index (χ0n) is 12.6. The molecule has 0 aliphatic carbocycles. The first-order chi connectivity index (χ1) is 8.42. The molecule has 1 fully saturated rings. The normalized spacial score (nSPS) is 21.2. The average Bonchev–Trinajstić information content (AvgIpc) is 2.41. The standard InChI is InChI=1S/C14H23NO3S/c1-13(2,3)10(16)8-15-11(17)7-9(12(15)18)19-14(4,5)6/h9H,7-8H2,1-6H3. The number of hydrogen-bond donors (Lipinski definition) is 0. The number of likely N-dealkylation sites (tertiary alicyclic amines) is 1. The molecular weight excluding hydrogens is 262 g/mol. The van der Waals surface area contributed by atoms with Gasteiger partial charge in [-0.15, -0.1) is 11.8 Å². The summed E-state index contributed by atoms with van der Waals surface area (Å²) in [7, 11) is 0. The molecule has 108 valence electrons. The van der Waals surface area contributed by atoms with Gasteiger partial charge in [-0.05, 0) is 0 Å². The topological polar surface area (TPSA) is 54.5 Å². The molecule has 1 heterocycles. The fourth-order valence-electron chi connectivity index (χ4n) is 1.72. The number of hydrogen-bond acceptors (Lipinski definition) is 4. The van der Waals surface area contributed by atoms with E-state index in [1.807, 2.05) is 20.8 Å². The molecule has 1 saturated heterocycles. The number of nitrogens with zero attached hydrogens (tertiary/aromatic N) is 1. The number of ketones is 1. The predicted molar refractivity (Wildman–Crippen MR) is 76.9 cm³/mol. The lowest BCUT2D eigenvalue weighted by Gasteiger charge is -2.23. The van der Waals surface area contributed by atoms with E-state index in [2.05, 4.69) is 0 Å². The van der Waals surface area contributed by atoms with Gasteiger partial charge in [-0.2, -0.15) is 0 Å². The Labute approximate surface area is 119 Å². The third-order valence-electron chi connectivity index (χ3n) is 2.84. The Kier molecular flexibility index (Phi) is 4.50. The molecule has 0 aromatic heterocycles. The highest BCUT2D eigenvalue weighted by molar-refractivity contribution is 8.01. The molecule has 0 aromatic rings. The van der Waals surface area contributed by atoms with Crippen LogP contribution in [0, 0.1) is 5.41 Å². The minimum Gasteiger partial charge on any atom is -0.297 e. The van der Waals surface area contributed by atoms with Crippen molar-refractivity contribution in [3.8, 4) is 0 Å². The number of imide groups is 1. The third kappa shape index (κ3) is 4.34. The zero-order valence-corrected chi connectivity index (χ0v) is 13.4. The fourth-order valence-corrected chi connectivity index (χ4v) is 3.03. The van der Waals surface area contributed by atoms with Crippen molar-refractivity contribution >= 4 is 29.4 Å². The smallest absolute Gasteiger partial charge is 0.243 e. The summed E-state index contributed by atoms with van der Waals surface area (Å²) >= 11 is 1.49. The second kappa shape index (κ2) is 5.27. The Balaban J connectivity index is 2.75. The number of carbonyl (C=O) groups is 3. The van der Waals surface area contributed by atoms with Crippen molar-refractivity contribution in [3.05, 3.63) is 0 Å². The van der Waals surface area contributed by atoms with Gasteiger partial charge in [0.1, 0.15) is 0 Å². The van der Waals surface area contributed by atoms with Gasteiger partial charge in [0.05, 0.1) is 11.8 Å². The second-order valence-electron chi connectivity index (χ2n) is 6.91. The van der Waals surface area contributed by atoms with Crippen molar-refractivity contribution in [2.45, 2.75) is 58.0 Å². The summed E-state index contributed by atoms with van der Waals surface area (Å²) in [6.45, 7) is 11.3. The molecule has 0 bridgehead atoms. The maximum atomic E-state index is 12.2. The van der Waals surface area contributed by atoms with Crippen LogP contribution < -0.4 is 0 Å². The van der Waals surface area contributed by atoms with Gasteiger partial charge in [0, 0.05) is 16.6 Å². The van der Waals surface area contributed by atoms with E-state index >= 15 is 0 Å². The van der Waals surface area contributed by atoms with Crippen molar-refractivity contribution in [3.63, 3.8) is 0 Å². The molecule has 1 atom stereocenters. The van der Waals surface area contributed by atoms with Crippen LogP contribution in [0.5, 0.6) is 0 Å². The number of carbonyl (C=O) groups excluding carboxylic acids is 3. The van der Waals surface area contributed by atoms with Crippen LogP contribution in [0.1, 0.15) is 48.0 Å². The lowest BCUT2D eigenvalue weighted by Crippen LogP contribution is -2.40. The Hall–Kier alpha value is -0.840. The molecular formula is C14H23NO3S. The van der Waals surface area contributed by atoms with Crippen molar-refractivity contribution in [1.29, 1.82) is 0 Å². The second-order valence-corrected chi connectivity index (χ2v) is 8.94. The van der Waals surface area contributed by atoms with Crippen molar-refractivity contribution in [2.24, 2.45) is 5.41 Å². The molecule has 19 heavy (non-hydrogen) atoms. The maximum Gasteiger partial charge on any atom is 0.243 e. The van der Waals surface area contributed by atoms with E-state index in [0.29, 0.717) is 0 Å². The highest BCUT2D eigenvalue weighted by atomic mass is 32.2. The molecule has 5 heteroatoms. The zero-order chi connectivity index (χ0) is 15.0. The summed E-state index contributed by atoms with van der Waals surface area (Å²) in [5, 5.41) is -0.347. The molecule has 0 aromatic carbocycles. The van der Waals surface area contributed by atoms with E-state index in [4.69, 9.17) is 0 Å². The summed E-state index contributed by atoms with van der Waals surface area (Å²) in [4.78, 5) is 37.1. The van der Waals surface area contributed by atoms with E-state index < -0.39 is 5.41 Å². The highest BCUT2D eigenvalue weighted by Gasteiger charge is 2.42. The van der Waals surface area contributed by atoms with Crippen LogP contribution in [0.2, 0.25) is 0 Å². The first-order valence-electron chi connectivity index (χ1n) is 6.47. The lowest BCUT2D eigenvalue weighted by molar-refractivity contribution is -0.143. The van der Waals surface area contributed by atoms with E-state index in [-0.39, 0.29) is 40.6 Å². The fraction of sp³-hybridized carbons (Fsp3) is 0.786. The van der Waals surface area contributed by atoms with Crippen LogP contribution in [0.4, 0.5) is 0 Å². The summed E-state index contributed by atoms with van der Waals surface area (Å²) in [6.07, 6.45) is 0.207. The molecule has 1 aliphatic rings. The molecule has 0 saturated carbocycles. The number of rotatable bonds is 3. The van der Waals surface area contributed by atoms with Gasteiger partial charge in [0.25, 0.3) is 0 Å². The Bertz CT molecular complexity index is 404. The SMILES string of the molecule is CC(C)(C)SC1CC(=O)N(CC(=O)C(C)(C)C)C1=O. The van der Waals surface area contributed by atoms with E-state index in [1.54, 1.807) is 20.8 Å². The predicted octanol–water partition coefficient (Wildman–Crippen LogP) is 2.26. The Morgan fingerprint density at radius 2 is 1.74 bits per heavy atom. The highest BCUT2D eigenvalue weighted by Crippen LogP contribution is 2.34. The lowest BCUT2D eigenvalue weighted by atomic mass is 9.90. The minimum absolute atomic E-state index is 0.0787. The van der Waals surface area contributed by atoms with Crippen molar-refractivity contribution in [2.75, 3.05) is 6.54 Å². The van der Waals surface area contributed by atoms with Gasteiger partial charge in [0.2, 0.25) is 11.8 Å². The van der Waals surface area contributed by atoms with E-state index in [9.17, 15) is 14.4 Å². The summed E-state index contributed by atoms with van der Waals surface area (Å²) in [5.41, 5.74) is -0.532. The molecule has 1 rings (SSSR count). The van der Waals surface area contributed by atoms with Crippen LogP contribution in [-0.4, -0.2) is 39.0 Å².